The van der Waals surface area contributed by atoms with Crippen LogP contribution in [0.1, 0.15) is 27.9 Å². The van der Waals surface area contributed by atoms with Gasteiger partial charge in [0.1, 0.15) is 6.54 Å². The summed E-state index contributed by atoms with van der Waals surface area (Å²) in [4.78, 5) is 52.0. The second-order valence-electron chi connectivity index (χ2n) is 8.63. The number of amides is 3. The van der Waals surface area contributed by atoms with E-state index in [4.69, 9.17) is 4.74 Å². The highest BCUT2D eigenvalue weighted by Gasteiger charge is 2.36. The van der Waals surface area contributed by atoms with Crippen LogP contribution in [0.25, 0.3) is 17.0 Å². The van der Waals surface area contributed by atoms with Gasteiger partial charge in [0, 0.05) is 53.0 Å². The predicted octanol–water partition coefficient (Wildman–Crippen LogP) is 4.78. The van der Waals surface area contributed by atoms with Gasteiger partial charge < -0.3 is 14.6 Å². The minimum Gasteiger partial charge on any atom is -0.385 e. The number of carbonyl (C=O) groups excluding carboxylic acids is 4. The Hall–Kier alpha value is -3.21. The lowest BCUT2D eigenvalue weighted by atomic mass is 10.1. The maximum absolute atomic E-state index is 13.1. The lowest BCUT2D eigenvalue weighted by Crippen LogP contribution is -2.33. The summed E-state index contributed by atoms with van der Waals surface area (Å²) in [7, 11) is 1.62. The normalized spacial score (nSPS) is 14.7. The molecule has 0 bridgehead atoms. The Morgan fingerprint density at radius 3 is 2.59 bits per heavy atom. The Bertz CT molecular complexity index is 1400. The molecule has 0 saturated carbocycles. The third kappa shape index (κ3) is 6.38. The number of methoxy groups -OCH3 is 1. The van der Waals surface area contributed by atoms with E-state index in [1.54, 1.807) is 31.5 Å². The van der Waals surface area contributed by atoms with Crippen molar-refractivity contribution in [1.29, 1.82) is 0 Å². The standard InChI is InChI=1S/C27H26BrN3O5S/c1-17-4-6-18(7-5-17)23(32)15-31-26(34)24(37-27(31)35)12-19-14-30(16-25(33)29-10-3-11-36-2)22-9-8-20(28)13-21(19)22/h4-9,12-14H,3,10-11,15-16H2,1-2H3,(H,29,33)/b24-12-. The van der Waals surface area contributed by atoms with Gasteiger partial charge in [-0.2, -0.15) is 0 Å². The maximum Gasteiger partial charge on any atom is 0.293 e. The first kappa shape index (κ1) is 26.8. The molecule has 1 aromatic heterocycles. The molecule has 1 aliphatic heterocycles. The molecular formula is C27H26BrN3O5S. The fraction of sp³-hybridized carbons (Fsp3) is 0.259. The summed E-state index contributed by atoms with van der Waals surface area (Å²) in [6, 6.07) is 12.7. The second kappa shape index (κ2) is 11.9. The predicted molar refractivity (Wildman–Crippen MR) is 147 cm³/mol. The van der Waals surface area contributed by atoms with Crippen LogP contribution < -0.4 is 5.32 Å². The summed E-state index contributed by atoms with van der Waals surface area (Å²) >= 11 is 4.28. The zero-order valence-corrected chi connectivity index (χ0v) is 22.9. The highest BCUT2D eigenvalue weighted by molar-refractivity contribution is 9.10. The quantitative estimate of drug-likeness (QED) is 0.209. The van der Waals surface area contributed by atoms with Gasteiger partial charge in [-0.05, 0) is 49.4 Å². The van der Waals surface area contributed by atoms with E-state index in [0.29, 0.717) is 24.3 Å². The summed E-state index contributed by atoms with van der Waals surface area (Å²) in [6.07, 6.45) is 4.15. The van der Waals surface area contributed by atoms with Crippen LogP contribution in [0.4, 0.5) is 4.79 Å². The number of rotatable bonds is 10. The number of aryl methyl sites for hydroxylation is 1. The first-order valence-electron chi connectivity index (χ1n) is 11.7. The van der Waals surface area contributed by atoms with E-state index in [-0.39, 0.29) is 29.7 Å². The second-order valence-corrected chi connectivity index (χ2v) is 10.5. The Morgan fingerprint density at radius 1 is 1.11 bits per heavy atom. The largest absolute Gasteiger partial charge is 0.385 e. The van der Waals surface area contributed by atoms with Gasteiger partial charge in [-0.15, -0.1) is 0 Å². The molecule has 2 heterocycles. The van der Waals surface area contributed by atoms with Crippen molar-refractivity contribution >= 4 is 67.5 Å². The first-order valence-corrected chi connectivity index (χ1v) is 13.3. The number of halogens is 1. The fourth-order valence-corrected chi connectivity index (χ4v) is 5.14. The molecule has 4 rings (SSSR count). The summed E-state index contributed by atoms with van der Waals surface area (Å²) in [5.41, 5.74) is 2.97. The number of Topliss-reactive ketones (excluding diaryl/α,β-unsaturated/α-hetero) is 1. The van der Waals surface area contributed by atoms with Crippen molar-refractivity contribution in [2.24, 2.45) is 0 Å². The van der Waals surface area contributed by atoms with Gasteiger partial charge in [0.15, 0.2) is 5.78 Å². The van der Waals surface area contributed by atoms with Crippen LogP contribution >= 0.6 is 27.7 Å². The van der Waals surface area contributed by atoms with Gasteiger partial charge in [0.05, 0.1) is 11.4 Å². The van der Waals surface area contributed by atoms with Gasteiger partial charge >= 0.3 is 0 Å². The molecule has 0 radical (unpaired) electrons. The summed E-state index contributed by atoms with van der Waals surface area (Å²) in [5, 5.41) is 3.21. The van der Waals surface area contributed by atoms with Crippen molar-refractivity contribution in [3.8, 4) is 0 Å². The van der Waals surface area contributed by atoms with E-state index in [1.807, 2.05) is 41.8 Å². The molecule has 1 saturated heterocycles. The lowest BCUT2D eigenvalue weighted by molar-refractivity contribution is -0.122. The summed E-state index contributed by atoms with van der Waals surface area (Å²) in [6.45, 7) is 2.78. The first-order chi connectivity index (χ1) is 17.8. The zero-order valence-electron chi connectivity index (χ0n) is 20.5. The average molecular weight is 584 g/mol. The molecule has 10 heteroatoms. The number of benzene rings is 2. The number of imide groups is 1. The van der Waals surface area contributed by atoms with Crippen molar-refractivity contribution in [3.63, 3.8) is 0 Å². The van der Waals surface area contributed by atoms with Crippen molar-refractivity contribution < 1.29 is 23.9 Å². The molecule has 1 fully saturated rings. The molecule has 3 aromatic rings. The lowest BCUT2D eigenvalue weighted by Gasteiger charge is -2.11. The van der Waals surface area contributed by atoms with E-state index in [1.165, 1.54) is 0 Å². The van der Waals surface area contributed by atoms with Crippen molar-refractivity contribution in [1.82, 2.24) is 14.8 Å². The molecule has 1 N–H and O–H groups in total. The molecule has 0 atom stereocenters. The molecule has 2 aromatic carbocycles. The number of aromatic nitrogens is 1. The molecule has 0 unspecified atom stereocenters. The monoisotopic (exact) mass is 583 g/mol. The highest BCUT2D eigenvalue weighted by Crippen LogP contribution is 2.35. The zero-order chi connectivity index (χ0) is 26.5. The van der Waals surface area contributed by atoms with Crippen LogP contribution in [0.3, 0.4) is 0 Å². The summed E-state index contributed by atoms with van der Waals surface area (Å²) < 4.78 is 7.66. The summed E-state index contributed by atoms with van der Waals surface area (Å²) in [5.74, 6) is -0.958. The van der Waals surface area contributed by atoms with Crippen LogP contribution in [0, 0.1) is 6.92 Å². The maximum atomic E-state index is 13.1. The van der Waals surface area contributed by atoms with Crippen LogP contribution in [0.15, 0.2) is 58.0 Å². The Morgan fingerprint density at radius 2 is 1.86 bits per heavy atom. The Balaban J connectivity index is 1.55. The fourth-order valence-electron chi connectivity index (χ4n) is 3.95. The van der Waals surface area contributed by atoms with Crippen molar-refractivity contribution in [3.05, 3.63) is 74.7 Å². The Kier molecular flexibility index (Phi) is 8.63. The van der Waals surface area contributed by atoms with Gasteiger partial charge in [-0.3, -0.25) is 24.1 Å². The smallest absolute Gasteiger partial charge is 0.293 e. The average Bonchev–Trinajstić information content (AvgIpc) is 3.33. The SMILES string of the molecule is COCCCNC(=O)Cn1cc(/C=C2\SC(=O)N(CC(=O)c3ccc(C)cc3)C2=O)c2cc(Br)ccc21. The number of ether oxygens (including phenoxy) is 1. The van der Waals surface area contributed by atoms with Crippen molar-refractivity contribution in [2.75, 3.05) is 26.8 Å². The molecular weight excluding hydrogens is 558 g/mol. The minimum atomic E-state index is -0.512. The minimum absolute atomic E-state index is 0.103. The number of nitrogens with zero attached hydrogens (tertiary/aromatic N) is 2. The molecule has 3 amide bonds. The molecule has 0 spiro atoms. The van der Waals surface area contributed by atoms with Crippen LogP contribution in [-0.4, -0.2) is 59.1 Å². The Labute approximate surface area is 227 Å². The molecule has 1 aliphatic rings. The topological polar surface area (TPSA) is 97.7 Å². The van der Waals surface area contributed by atoms with E-state index in [9.17, 15) is 19.2 Å². The van der Waals surface area contributed by atoms with E-state index in [0.717, 1.165) is 44.0 Å². The van der Waals surface area contributed by atoms with Crippen LogP contribution in [-0.2, 0) is 20.9 Å². The number of nitrogens with one attached hydrogen (secondary N) is 1. The van der Waals surface area contributed by atoms with Gasteiger partial charge in [0.25, 0.3) is 11.1 Å². The third-order valence-electron chi connectivity index (χ3n) is 5.87. The number of thioether (sulfide) groups is 1. The molecule has 192 valence electrons. The van der Waals surface area contributed by atoms with E-state index >= 15 is 0 Å². The van der Waals surface area contributed by atoms with E-state index < -0.39 is 11.1 Å². The molecule has 0 aliphatic carbocycles. The number of ketones is 1. The van der Waals surface area contributed by atoms with Gasteiger partial charge in [0.2, 0.25) is 5.91 Å². The van der Waals surface area contributed by atoms with Gasteiger partial charge in [-0.1, -0.05) is 45.8 Å². The van der Waals surface area contributed by atoms with Gasteiger partial charge in [-0.25, -0.2) is 0 Å². The van der Waals surface area contributed by atoms with E-state index in [2.05, 4.69) is 21.2 Å². The molecule has 37 heavy (non-hydrogen) atoms. The number of hydrogen-bond acceptors (Lipinski definition) is 6. The third-order valence-corrected chi connectivity index (χ3v) is 7.27. The van der Waals surface area contributed by atoms with Crippen LogP contribution in [0.5, 0.6) is 0 Å². The van der Waals surface area contributed by atoms with Crippen molar-refractivity contribution in [2.45, 2.75) is 19.9 Å². The highest BCUT2D eigenvalue weighted by atomic mass is 79.9. The number of fused-ring (bicyclic) bond motifs is 1. The number of hydrogen-bond donors (Lipinski definition) is 1. The number of carbonyl (C=O) groups is 4. The molecule has 8 nitrogen and oxygen atoms in total. The van der Waals surface area contributed by atoms with Crippen LogP contribution in [0.2, 0.25) is 0 Å².